The highest BCUT2D eigenvalue weighted by atomic mass is 16.5. The van der Waals surface area contributed by atoms with E-state index in [9.17, 15) is 0 Å². The van der Waals surface area contributed by atoms with Gasteiger partial charge in [0.15, 0.2) is 0 Å². The molecule has 0 aromatic heterocycles. The van der Waals surface area contributed by atoms with Gasteiger partial charge in [0.2, 0.25) is 0 Å². The minimum absolute atomic E-state index is 0.602. The molecule has 0 bridgehead atoms. The van der Waals surface area contributed by atoms with Crippen LogP contribution in [0.25, 0.3) is 32.7 Å². The van der Waals surface area contributed by atoms with Crippen molar-refractivity contribution in [2.45, 2.75) is 0 Å². The SMILES string of the molecule is c1ccc2c3c(ccc2c1)OC/C3=C1/COc2ccc3ccccc3c21. The first-order valence-corrected chi connectivity index (χ1v) is 8.92. The molecule has 2 nitrogen and oxygen atoms in total. The predicted molar refractivity (Wildman–Crippen MR) is 106 cm³/mol. The second kappa shape index (κ2) is 5.12. The van der Waals surface area contributed by atoms with Crippen LogP contribution < -0.4 is 9.47 Å². The van der Waals surface area contributed by atoms with Crippen LogP contribution in [0.4, 0.5) is 0 Å². The number of benzene rings is 4. The molecule has 2 aliphatic rings. The second-order valence-corrected chi connectivity index (χ2v) is 6.85. The number of rotatable bonds is 0. The van der Waals surface area contributed by atoms with Gasteiger partial charge in [-0.25, -0.2) is 0 Å². The summed E-state index contributed by atoms with van der Waals surface area (Å²) in [6, 6.07) is 25.5. The summed E-state index contributed by atoms with van der Waals surface area (Å²) in [5.74, 6) is 1.94. The average molecular weight is 336 g/mol. The summed E-state index contributed by atoms with van der Waals surface area (Å²) in [4.78, 5) is 0. The third-order valence-corrected chi connectivity index (χ3v) is 5.49. The molecule has 0 fully saturated rings. The zero-order valence-corrected chi connectivity index (χ0v) is 14.2. The Balaban J connectivity index is 1.70. The van der Waals surface area contributed by atoms with Crippen LogP contribution in [0, 0.1) is 0 Å². The normalized spacial score (nSPS) is 17.8. The van der Waals surface area contributed by atoms with Gasteiger partial charge < -0.3 is 9.47 Å². The molecule has 0 spiro atoms. The van der Waals surface area contributed by atoms with Crippen molar-refractivity contribution in [3.05, 3.63) is 83.9 Å². The van der Waals surface area contributed by atoms with E-state index in [1.807, 2.05) is 0 Å². The maximum absolute atomic E-state index is 6.05. The lowest BCUT2D eigenvalue weighted by Gasteiger charge is -2.09. The number of fused-ring (bicyclic) bond motifs is 6. The molecule has 2 aliphatic heterocycles. The van der Waals surface area contributed by atoms with Crippen molar-refractivity contribution in [1.82, 2.24) is 0 Å². The van der Waals surface area contributed by atoms with E-state index < -0.39 is 0 Å². The molecule has 26 heavy (non-hydrogen) atoms. The van der Waals surface area contributed by atoms with E-state index in [-0.39, 0.29) is 0 Å². The van der Waals surface area contributed by atoms with Crippen LogP contribution in [0.2, 0.25) is 0 Å². The molecular formula is C24H16O2. The average Bonchev–Trinajstić information content (AvgIpc) is 3.32. The van der Waals surface area contributed by atoms with Gasteiger partial charge in [0, 0.05) is 22.3 Å². The summed E-state index contributed by atoms with van der Waals surface area (Å²) in [6.07, 6.45) is 0. The maximum Gasteiger partial charge on any atom is 0.128 e. The van der Waals surface area contributed by atoms with Crippen LogP contribution >= 0.6 is 0 Å². The first kappa shape index (κ1) is 14.0. The van der Waals surface area contributed by atoms with E-state index in [1.54, 1.807) is 0 Å². The Hall–Kier alpha value is -3.26. The van der Waals surface area contributed by atoms with Gasteiger partial charge >= 0.3 is 0 Å². The number of hydrogen-bond donors (Lipinski definition) is 0. The molecule has 0 saturated carbocycles. The molecule has 0 aliphatic carbocycles. The third kappa shape index (κ3) is 1.81. The lowest BCUT2D eigenvalue weighted by Crippen LogP contribution is -1.96. The maximum atomic E-state index is 6.05. The van der Waals surface area contributed by atoms with Crippen LogP contribution in [0.5, 0.6) is 11.5 Å². The highest BCUT2D eigenvalue weighted by Gasteiger charge is 2.29. The largest absolute Gasteiger partial charge is 0.488 e. The van der Waals surface area contributed by atoms with Crippen LogP contribution in [0.3, 0.4) is 0 Å². The van der Waals surface area contributed by atoms with Gasteiger partial charge in [0.1, 0.15) is 24.7 Å². The van der Waals surface area contributed by atoms with Crippen LogP contribution in [0.15, 0.2) is 72.8 Å². The van der Waals surface area contributed by atoms with E-state index in [2.05, 4.69) is 72.8 Å². The zero-order valence-electron chi connectivity index (χ0n) is 14.2. The van der Waals surface area contributed by atoms with Gasteiger partial charge in [0.25, 0.3) is 0 Å². The minimum Gasteiger partial charge on any atom is -0.488 e. The summed E-state index contributed by atoms with van der Waals surface area (Å²) in [6.45, 7) is 1.20. The molecule has 0 saturated heterocycles. The fourth-order valence-corrected chi connectivity index (χ4v) is 4.29. The highest BCUT2D eigenvalue weighted by molar-refractivity contribution is 6.10. The predicted octanol–water partition coefficient (Wildman–Crippen LogP) is 5.69. The van der Waals surface area contributed by atoms with Gasteiger partial charge in [0.05, 0.1) is 0 Å². The second-order valence-electron chi connectivity index (χ2n) is 6.85. The first-order valence-electron chi connectivity index (χ1n) is 8.92. The van der Waals surface area contributed by atoms with Crippen LogP contribution in [0.1, 0.15) is 11.1 Å². The molecule has 4 aromatic rings. The summed E-state index contributed by atoms with van der Waals surface area (Å²) < 4.78 is 12.1. The Kier molecular flexibility index (Phi) is 2.75. The standard InChI is InChI=1S/C24H16O2/c1-3-7-17-15(5-1)9-11-21-23(17)19(13-25-21)20-14-26-22-12-10-16-6-2-4-8-18(16)24(20)22/h1-12H,13-14H2/b20-19+. The van der Waals surface area contributed by atoms with E-state index in [0.717, 1.165) is 11.5 Å². The molecule has 2 heterocycles. The topological polar surface area (TPSA) is 18.5 Å². The van der Waals surface area contributed by atoms with E-state index in [4.69, 9.17) is 9.47 Å². The van der Waals surface area contributed by atoms with Gasteiger partial charge in [-0.3, -0.25) is 0 Å². The summed E-state index contributed by atoms with van der Waals surface area (Å²) in [5.41, 5.74) is 4.96. The van der Waals surface area contributed by atoms with E-state index in [0.29, 0.717) is 13.2 Å². The molecule has 0 unspecified atom stereocenters. The van der Waals surface area contributed by atoms with Gasteiger partial charge in [-0.2, -0.15) is 0 Å². The van der Waals surface area contributed by atoms with Crippen molar-refractivity contribution in [1.29, 1.82) is 0 Å². The van der Waals surface area contributed by atoms with Gasteiger partial charge in [-0.05, 0) is 33.7 Å². The van der Waals surface area contributed by atoms with E-state index in [1.165, 1.54) is 43.8 Å². The first-order chi connectivity index (χ1) is 12.9. The Morgan fingerprint density at radius 3 is 1.46 bits per heavy atom. The molecule has 0 amide bonds. The zero-order chi connectivity index (χ0) is 17.1. The molecule has 0 N–H and O–H groups in total. The van der Waals surface area contributed by atoms with Crippen molar-refractivity contribution in [3.63, 3.8) is 0 Å². The third-order valence-electron chi connectivity index (χ3n) is 5.49. The van der Waals surface area contributed by atoms with Crippen molar-refractivity contribution in [3.8, 4) is 11.5 Å². The highest BCUT2D eigenvalue weighted by Crippen LogP contribution is 2.47. The Bertz CT molecular complexity index is 1140. The molecular weight excluding hydrogens is 320 g/mol. The number of hydrogen-bond acceptors (Lipinski definition) is 2. The quantitative estimate of drug-likeness (QED) is 0.411. The Morgan fingerprint density at radius 2 is 0.962 bits per heavy atom. The Labute approximate surface area is 151 Å². The fourth-order valence-electron chi connectivity index (χ4n) is 4.29. The summed E-state index contributed by atoms with van der Waals surface area (Å²) in [5, 5.41) is 4.98. The van der Waals surface area contributed by atoms with Crippen LogP contribution in [-0.2, 0) is 0 Å². The van der Waals surface area contributed by atoms with Crippen molar-refractivity contribution in [2.24, 2.45) is 0 Å². The molecule has 4 aromatic carbocycles. The molecule has 124 valence electrons. The Morgan fingerprint density at radius 1 is 0.500 bits per heavy atom. The summed E-state index contributed by atoms with van der Waals surface area (Å²) in [7, 11) is 0. The lowest BCUT2D eigenvalue weighted by molar-refractivity contribution is 0.382. The minimum atomic E-state index is 0.602. The van der Waals surface area contributed by atoms with Crippen molar-refractivity contribution in [2.75, 3.05) is 13.2 Å². The molecule has 0 radical (unpaired) electrons. The lowest BCUT2D eigenvalue weighted by atomic mass is 9.91. The monoisotopic (exact) mass is 336 g/mol. The summed E-state index contributed by atoms with van der Waals surface area (Å²) >= 11 is 0. The number of ether oxygens (including phenoxy) is 2. The van der Waals surface area contributed by atoms with Gasteiger partial charge in [-0.15, -0.1) is 0 Å². The molecule has 6 rings (SSSR count). The van der Waals surface area contributed by atoms with E-state index >= 15 is 0 Å². The van der Waals surface area contributed by atoms with Gasteiger partial charge in [-0.1, -0.05) is 60.7 Å². The van der Waals surface area contributed by atoms with Crippen molar-refractivity contribution < 1.29 is 9.47 Å². The smallest absolute Gasteiger partial charge is 0.128 e. The van der Waals surface area contributed by atoms with Crippen molar-refractivity contribution >= 4 is 32.7 Å². The van der Waals surface area contributed by atoms with Crippen LogP contribution in [-0.4, -0.2) is 13.2 Å². The fraction of sp³-hybridized carbons (Fsp3) is 0.0833. The molecule has 0 atom stereocenters. The molecule has 2 heteroatoms.